The maximum Gasteiger partial charge on any atom is 0.231 e. The largest absolute Gasteiger partial charge is 0.494 e. The Bertz CT molecular complexity index is 605. The number of nitrogens with one attached hydrogen (secondary N) is 1. The molecule has 0 radical (unpaired) electrons. The van der Waals surface area contributed by atoms with Crippen LogP contribution in [0, 0.1) is 5.41 Å². The van der Waals surface area contributed by atoms with Crippen molar-refractivity contribution in [2.75, 3.05) is 11.9 Å². The van der Waals surface area contributed by atoms with Crippen LogP contribution in [0.25, 0.3) is 0 Å². The van der Waals surface area contributed by atoms with Gasteiger partial charge < -0.3 is 10.1 Å². The predicted molar refractivity (Wildman–Crippen MR) is 88.3 cm³/mol. The van der Waals surface area contributed by atoms with Crippen LogP contribution in [0.4, 0.5) is 5.13 Å². The first-order valence-electron chi connectivity index (χ1n) is 7.27. The number of benzene rings is 1. The average Bonchev–Trinajstić information content (AvgIpc) is 2.91. The van der Waals surface area contributed by atoms with E-state index < -0.39 is 5.41 Å². The zero-order chi connectivity index (χ0) is 16.0. The molecule has 1 aromatic heterocycles. The number of hydrogen-bond donors (Lipinski definition) is 1. The van der Waals surface area contributed by atoms with Crippen molar-refractivity contribution in [3.63, 3.8) is 0 Å². The molecular formula is C16H21N3O2S. The fourth-order valence-corrected chi connectivity index (χ4v) is 2.40. The van der Waals surface area contributed by atoms with E-state index in [1.165, 1.54) is 11.3 Å². The zero-order valence-electron chi connectivity index (χ0n) is 13.1. The Morgan fingerprint density at radius 1 is 1.23 bits per heavy atom. The van der Waals surface area contributed by atoms with Gasteiger partial charge in [-0.15, -0.1) is 10.2 Å². The summed E-state index contributed by atoms with van der Waals surface area (Å²) in [7, 11) is 0. The van der Waals surface area contributed by atoms with Crippen molar-refractivity contribution in [2.24, 2.45) is 5.41 Å². The van der Waals surface area contributed by atoms with Gasteiger partial charge in [-0.05, 0) is 18.6 Å². The van der Waals surface area contributed by atoms with E-state index in [9.17, 15) is 4.79 Å². The second-order valence-electron chi connectivity index (χ2n) is 5.97. The number of ether oxygens (including phenoxy) is 1. The van der Waals surface area contributed by atoms with Crippen LogP contribution >= 0.6 is 11.3 Å². The Morgan fingerprint density at radius 3 is 2.64 bits per heavy atom. The van der Waals surface area contributed by atoms with Crippen molar-refractivity contribution in [3.8, 4) is 5.75 Å². The lowest BCUT2D eigenvalue weighted by Crippen LogP contribution is -2.27. The highest BCUT2D eigenvalue weighted by Gasteiger charge is 2.22. The van der Waals surface area contributed by atoms with E-state index in [1.54, 1.807) is 0 Å². The van der Waals surface area contributed by atoms with Crippen LogP contribution in [-0.4, -0.2) is 22.7 Å². The summed E-state index contributed by atoms with van der Waals surface area (Å²) in [5.74, 6) is 0.820. The van der Waals surface area contributed by atoms with Gasteiger partial charge in [-0.1, -0.05) is 50.3 Å². The van der Waals surface area contributed by atoms with E-state index in [-0.39, 0.29) is 5.91 Å². The van der Waals surface area contributed by atoms with E-state index in [0.29, 0.717) is 11.7 Å². The summed E-state index contributed by atoms with van der Waals surface area (Å²) < 4.78 is 5.63. The third-order valence-corrected chi connectivity index (χ3v) is 3.81. The highest BCUT2D eigenvalue weighted by Crippen LogP contribution is 2.21. The quantitative estimate of drug-likeness (QED) is 0.827. The summed E-state index contributed by atoms with van der Waals surface area (Å²) >= 11 is 1.41. The van der Waals surface area contributed by atoms with E-state index in [1.807, 2.05) is 51.1 Å². The number of carbonyl (C=O) groups excluding carboxylic acids is 1. The van der Waals surface area contributed by atoms with Crippen molar-refractivity contribution in [1.82, 2.24) is 10.2 Å². The lowest BCUT2D eigenvalue weighted by Gasteiger charge is -2.15. The Balaban J connectivity index is 1.74. The molecule has 1 amide bonds. The van der Waals surface area contributed by atoms with Crippen molar-refractivity contribution < 1.29 is 9.53 Å². The van der Waals surface area contributed by atoms with Gasteiger partial charge in [0.2, 0.25) is 11.0 Å². The molecule has 0 bridgehead atoms. The smallest absolute Gasteiger partial charge is 0.231 e. The minimum Gasteiger partial charge on any atom is -0.494 e. The highest BCUT2D eigenvalue weighted by atomic mass is 32.1. The third-order valence-electron chi connectivity index (χ3n) is 2.92. The molecule has 0 fully saturated rings. The van der Waals surface area contributed by atoms with Gasteiger partial charge >= 0.3 is 0 Å². The minimum absolute atomic E-state index is 0.0531. The van der Waals surface area contributed by atoms with Crippen LogP contribution in [-0.2, 0) is 11.2 Å². The lowest BCUT2D eigenvalue weighted by molar-refractivity contribution is -0.123. The number of para-hydroxylation sites is 1. The van der Waals surface area contributed by atoms with E-state index in [4.69, 9.17) is 4.74 Å². The fourth-order valence-electron chi connectivity index (χ4n) is 1.62. The monoisotopic (exact) mass is 319 g/mol. The van der Waals surface area contributed by atoms with Gasteiger partial charge in [0.15, 0.2) is 0 Å². The molecule has 5 nitrogen and oxygen atoms in total. The van der Waals surface area contributed by atoms with Crippen molar-refractivity contribution in [3.05, 3.63) is 35.3 Å². The van der Waals surface area contributed by atoms with Crippen molar-refractivity contribution in [1.29, 1.82) is 0 Å². The SMILES string of the molecule is CC(C)(C)C(=O)Nc1nnc(CCCOc2ccccc2)s1. The topological polar surface area (TPSA) is 64.1 Å². The summed E-state index contributed by atoms with van der Waals surface area (Å²) in [4.78, 5) is 11.9. The van der Waals surface area contributed by atoms with E-state index in [0.717, 1.165) is 23.6 Å². The first-order chi connectivity index (χ1) is 10.4. The van der Waals surface area contributed by atoms with Crippen molar-refractivity contribution >= 4 is 22.4 Å². The molecule has 22 heavy (non-hydrogen) atoms. The minimum atomic E-state index is -0.435. The molecule has 0 saturated carbocycles. The molecule has 0 aliphatic rings. The molecule has 0 unspecified atom stereocenters. The second-order valence-corrected chi connectivity index (χ2v) is 7.03. The van der Waals surface area contributed by atoms with Crippen LogP contribution in [0.1, 0.15) is 32.2 Å². The Kier molecular flexibility index (Phi) is 5.49. The summed E-state index contributed by atoms with van der Waals surface area (Å²) in [6.07, 6.45) is 1.65. The molecule has 0 spiro atoms. The van der Waals surface area contributed by atoms with Gasteiger partial charge in [-0.2, -0.15) is 0 Å². The normalized spacial score (nSPS) is 11.2. The number of nitrogens with zero attached hydrogens (tertiary/aromatic N) is 2. The number of rotatable bonds is 6. The number of anilines is 1. The molecule has 1 heterocycles. The number of aromatic nitrogens is 2. The molecule has 0 aliphatic carbocycles. The molecule has 1 aromatic carbocycles. The van der Waals surface area contributed by atoms with Crippen LogP contribution in [0.3, 0.4) is 0 Å². The Morgan fingerprint density at radius 2 is 1.95 bits per heavy atom. The molecular weight excluding hydrogens is 298 g/mol. The van der Waals surface area contributed by atoms with E-state index in [2.05, 4.69) is 15.5 Å². The molecule has 6 heteroatoms. The lowest BCUT2D eigenvalue weighted by atomic mass is 9.96. The highest BCUT2D eigenvalue weighted by molar-refractivity contribution is 7.15. The maximum absolute atomic E-state index is 11.9. The molecule has 0 aliphatic heterocycles. The molecule has 0 atom stereocenters. The Labute approximate surface area is 134 Å². The van der Waals surface area contributed by atoms with Gasteiger partial charge in [0.1, 0.15) is 10.8 Å². The van der Waals surface area contributed by atoms with Crippen LogP contribution < -0.4 is 10.1 Å². The summed E-state index contributed by atoms with van der Waals surface area (Å²) in [5.41, 5.74) is -0.435. The van der Waals surface area contributed by atoms with Gasteiger partial charge in [0.05, 0.1) is 6.61 Å². The van der Waals surface area contributed by atoms with Gasteiger partial charge in [0, 0.05) is 11.8 Å². The van der Waals surface area contributed by atoms with Gasteiger partial charge in [-0.3, -0.25) is 4.79 Å². The van der Waals surface area contributed by atoms with E-state index >= 15 is 0 Å². The summed E-state index contributed by atoms with van der Waals surface area (Å²) in [6.45, 7) is 6.23. The molecule has 2 aromatic rings. The third kappa shape index (κ3) is 5.11. The first-order valence-corrected chi connectivity index (χ1v) is 8.08. The van der Waals surface area contributed by atoms with Crippen LogP contribution in [0.2, 0.25) is 0 Å². The standard InChI is InChI=1S/C16H21N3O2S/c1-16(2,3)14(20)17-15-19-18-13(22-15)10-7-11-21-12-8-5-4-6-9-12/h4-6,8-9H,7,10-11H2,1-3H3,(H,17,19,20). The number of aryl methyl sites for hydroxylation is 1. The van der Waals surface area contributed by atoms with Crippen molar-refractivity contribution in [2.45, 2.75) is 33.6 Å². The number of carbonyl (C=O) groups is 1. The molecule has 1 N–H and O–H groups in total. The number of hydrogen-bond acceptors (Lipinski definition) is 5. The van der Waals surface area contributed by atoms with Gasteiger partial charge in [0.25, 0.3) is 0 Å². The fraction of sp³-hybridized carbons (Fsp3) is 0.438. The summed E-state index contributed by atoms with van der Waals surface area (Å²) in [5, 5.41) is 12.3. The predicted octanol–water partition coefficient (Wildman–Crippen LogP) is 3.53. The van der Waals surface area contributed by atoms with Gasteiger partial charge in [-0.25, -0.2) is 0 Å². The molecule has 2 rings (SSSR count). The maximum atomic E-state index is 11.9. The van der Waals surface area contributed by atoms with Crippen LogP contribution in [0.15, 0.2) is 30.3 Å². The summed E-state index contributed by atoms with van der Waals surface area (Å²) in [6, 6.07) is 9.73. The molecule has 118 valence electrons. The zero-order valence-corrected chi connectivity index (χ0v) is 13.9. The average molecular weight is 319 g/mol. The number of amides is 1. The second kappa shape index (κ2) is 7.35. The first kappa shape index (κ1) is 16.4. The molecule has 0 saturated heterocycles. The van der Waals surface area contributed by atoms with Crippen LogP contribution in [0.5, 0.6) is 5.75 Å². The Hall–Kier alpha value is -1.95.